The van der Waals surface area contributed by atoms with Crippen LogP contribution in [0.5, 0.6) is 0 Å². The Kier molecular flexibility index (Phi) is 5.97. The monoisotopic (exact) mass is 369 g/mol. The standard InChI is InChI=1S/C19H23N5O3/c1-3-4-9-24(12-18(25)21-16-10-13(2)27-23-16)11-17-20-15-8-6-5-7-14(15)19(26)22-17/h5-8,10H,3-4,9,11-12H2,1-2H3,(H,20,22,26)(H,21,23,25). The van der Waals surface area contributed by atoms with E-state index >= 15 is 0 Å². The molecule has 0 atom stereocenters. The molecule has 2 heterocycles. The van der Waals surface area contributed by atoms with E-state index in [1.54, 1.807) is 19.1 Å². The normalized spacial score (nSPS) is 11.2. The zero-order valence-corrected chi connectivity index (χ0v) is 15.5. The van der Waals surface area contributed by atoms with Gasteiger partial charge in [0, 0.05) is 6.07 Å². The Morgan fingerprint density at radius 1 is 1.33 bits per heavy atom. The number of anilines is 1. The van der Waals surface area contributed by atoms with Gasteiger partial charge in [-0.1, -0.05) is 30.6 Å². The van der Waals surface area contributed by atoms with Gasteiger partial charge in [0.25, 0.3) is 5.56 Å². The van der Waals surface area contributed by atoms with Crippen LogP contribution in [0.1, 0.15) is 31.4 Å². The lowest BCUT2D eigenvalue weighted by molar-refractivity contribution is -0.117. The van der Waals surface area contributed by atoms with Gasteiger partial charge in [0.1, 0.15) is 11.6 Å². The third-order valence-corrected chi connectivity index (χ3v) is 4.13. The summed E-state index contributed by atoms with van der Waals surface area (Å²) in [4.78, 5) is 33.9. The number of aromatic amines is 1. The highest BCUT2D eigenvalue weighted by Gasteiger charge is 2.14. The summed E-state index contributed by atoms with van der Waals surface area (Å²) in [6.45, 7) is 5.12. The molecule has 0 unspecified atom stereocenters. The second-order valence-corrected chi connectivity index (χ2v) is 6.46. The topological polar surface area (TPSA) is 104 Å². The van der Waals surface area contributed by atoms with E-state index in [4.69, 9.17) is 4.52 Å². The van der Waals surface area contributed by atoms with Crippen molar-refractivity contribution in [2.24, 2.45) is 0 Å². The number of carbonyl (C=O) groups excluding carboxylic acids is 1. The number of nitrogens with zero attached hydrogens (tertiary/aromatic N) is 3. The number of nitrogens with one attached hydrogen (secondary N) is 2. The van der Waals surface area contributed by atoms with Crippen molar-refractivity contribution in [1.82, 2.24) is 20.0 Å². The molecule has 8 heteroatoms. The van der Waals surface area contributed by atoms with E-state index in [0.29, 0.717) is 34.9 Å². The minimum atomic E-state index is -0.192. The molecular weight excluding hydrogens is 346 g/mol. The van der Waals surface area contributed by atoms with Crippen molar-refractivity contribution in [3.63, 3.8) is 0 Å². The fourth-order valence-electron chi connectivity index (χ4n) is 2.83. The number of aryl methyl sites for hydroxylation is 1. The van der Waals surface area contributed by atoms with Crippen LogP contribution in [-0.2, 0) is 11.3 Å². The average molecular weight is 369 g/mol. The summed E-state index contributed by atoms with van der Waals surface area (Å²) in [6, 6.07) is 8.87. The molecule has 27 heavy (non-hydrogen) atoms. The maximum atomic E-state index is 12.3. The Hall–Kier alpha value is -3.00. The van der Waals surface area contributed by atoms with E-state index in [2.05, 4.69) is 27.4 Å². The second kappa shape index (κ2) is 8.59. The zero-order chi connectivity index (χ0) is 19.2. The number of fused-ring (bicyclic) bond motifs is 1. The van der Waals surface area contributed by atoms with Crippen LogP contribution in [0.2, 0.25) is 0 Å². The van der Waals surface area contributed by atoms with Crippen LogP contribution in [-0.4, -0.2) is 39.0 Å². The van der Waals surface area contributed by atoms with Gasteiger partial charge in [0.15, 0.2) is 5.82 Å². The lowest BCUT2D eigenvalue weighted by Crippen LogP contribution is -2.34. The molecule has 0 saturated heterocycles. The van der Waals surface area contributed by atoms with Crippen LogP contribution in [0.25, 0.3) is 10.9 Å². The highest BCUT2D eigenvalue weighted by molar-refractivity contribution is 5.91. The molecule has 142 valence electrons. The van der Waals surface area contributed by atoms with Gasteiger partial charge in [-0.15, -0.1) is 0 Å². The van der Waals surface area contributed by atoms with Crippen LogP contribution in [0, 0.1) is 6.92 Å². The maximum absolute atomic E-state index is 12.3. The summed E-state index contributed by atoms with van der Waals surface area (Å²) in [5, 5.41) is 7.04. The molecule has 0 fully saturated rings. The number of carbonyl (C=O) groups is 1. The number of hydrogen-bond acceptors (Lipinski definition) is 6. The molecule has 2 aromatic heterocycles. The van der Waals surface area contributed by atoms with Crippen LogP contribution in [0.15, 0.2) is 39.6 Å². The number of amides is 1. The molecule has 3 rings (SSSR count). The smallest absolute Gasteiger partial charge is 0.258 e. The van der Waals surface area contributed by atoms with E-state index in [1.165, 1.54) is 0 Å². The predicted octanol–water partition coefficient (Wildman–Crippen LogP) is 2.46. The van der Waals surface area contributed by atoms with E-state index in [0.717, 1.165) is 19.4 Å². The SMILES string of the molecule is CCCCN(CC(=O)Nc1cc(C)on1)Cc1nc2ccccc2c(=O)[nH]1. The molecule has 3 aromatic rings. The fourth-order valence-corrected chi connectivity index (χ4v) is 2.83. The van der Waals surface area contributed by atoms with Crippen molar-refractivity contribution in [2.75, 3.05) is 18.4 Å². The largest absolute Gasteiger partial charge is 0.360 e. The third kappa shape index (κ3) is 5.01. The van der Waals surface area contributed by atoms with Crippen LogP contribution in [0.3, 0.4) is 0 Å². The van der Waals surface area contributed by atoms with E-state index in [9.17, 15) is 9.59 Å². The van der Waals surface area contributed by atoms with Crippen LogP contribution in [0.4, 0.5) is 5.82 Å². The first-order chi connectivity index (χ1) is 13.0. The molecule has 0 aliphatic rings. The Labute approximate surface area is 156 Å². The van der Waals surface area contributed by atoms with E-state index in [1.807, 2.05) is 23.1 Å². The fraction of sp³-hybridized carbons (Fsp3) is 0.368. The van der Waals surface area contributed by atoms with Crippen molar-refractivity contribution >= 4 is 22.6 Å². The summed E-state index contributed by atoms with van der Waals surface area (Å²) in [6.07, 6.45) is 1.94. The van der Waals surface area contributed by atoms with Gasteiger partial charge in [-0.05, 0) is 32.0 Å². The molecule has 0 aliphatic heterocycles. The van der Waals surface area contributed by atoms with Gasteiger partial charge in [0.2, 0.25) is 5.91 Å². The average Bonchev–Trinajstić information content (AvgIpc) is 3.04. The first-order valence-electron chi connectivity index (χ1n) is 8.98. The number of benzene rings is 1. The molecule has 0 saturated carbocycles. The Morgan fingerprint density at radius 3 is 2.89 bits per heavy atom. The van der Waals surface area contributed by atoms with Crippen molar-refractivity contribution in [1.29, 1.82) is 0 Å². The van der Waals surface area contributed by atoms with Crippen LogP contribution < -0.4 is 10.9 Å². The Bertz CT molecular complexity index is 979. The molecule has 0 radical (unpaired) electrons. The van der Waals surface area contributed by atoms with Gasteiger partial charge >= 0.3 is 0 Å². The highest BCUT2D eigenvalue weighted by atomic mass is 16.5. The molecule has 1 aromatic carbocycles. The minimum absolute atomic E-state index is 0.169. The number of H-pyrrole nitrogens is 1. The number of rotatable bonds is 8. The minimum Gasteiger partial charge on any atom is -0.360 e. The number of hydrogen-bond donors (Lipinski definition) is 2. The van der Waals surface area contributed by atoms with Gasteiger partial charge in [-0.25, -0.2) is 4.98 Å². The van der Waals surface area contributed by atoms with Crippen molar-refractivity contribution in [3.05, 3.63) is 52.3 Å². The number of unbranched alkanes of at least 4 members (excludes halogenated alkanes) is 1. The summed E-state index contributed by atoms with van der Waals surface area (Å²) in [5.74, 6) is 1.37. The second-order valence-electron chi connectivity index (χ2n) is 6.46. The summed E-state index contributed by atoms with van der Waals surface area (Å²) in [7, 11) is 0. The van der Waals surface area contributed by atoms with Crippen molar-refractivity contribution < 1.29 is 9.32 Å². The molecular formula is C19H23N5O3. The molecule has 8 nitrogen and oxygen atoms in total. The third-order valence-electron chi connectivity index (χ3n) is 4.13. The van der Waals surface area contributed by atoms with Gasteiger partial charge < -0.3 is 14.8 Å². The highest BCUT2D eigenvalue weighted by Crippen LogP contribution is 2.09. The molecule has 2 N–H and O–H groups in total. The summed E-state index contributed by atoms with van der Waals surface area (Å²) >= 11 is 0. The predicted molar refractivity (Wildman–Crippen MR) is 102 cm³/mol. The number of para-hydroxylation sites is 1. The quantitative estimate of drug-likeness (QED) is 0.632. The van der Waals surface area contributed by atoms with Crippen molar-refractivity contribution in [2.45, 2.75) is 33.2 Å². The van der Waals surface area contributed by atoms with Crippen LogP contribution >= 0.6 is 0 Å². The van der Waals surface area contributed by atoms with E-state index < -0.39 is 0 Å². The van der Waals surface area contributed by atoms with Gasteiger partial charge in [-0.3, -0.25) is 14.5 Å². The first-order valence-corrected chi connectivity index (χ1v) is 8.98. The lowest BCUT2D eigenvalue weighted by Gasteiger charge is -2.20. The zero-order valence-electron chi connectivity index (χ0n) is 15.5. The molecule has 1 amide bonds. The number of aromatic nitrogens is 3. The van der Waals surface area contributed by atoms with E-state index in [-0.39, 0.29) is 18.0 Å². The maximum Gasteiger partial charge on any atom is 0.258 e. The van der Waals surface area contributed by atoms with Gasteiger partial charge in [0.05, 0.1) is 24.0 Å². The lowest BCUT2D eigenvalue weighted by atomic mass is 10.2. The molecule has 0 aliphatic carbocycles. The molecule has 0 spiro atoms. The first kappa shape index (κ1) is 18.8. The van der Waals surface area contributed by atoms with Gasteiger partial charge in [-0.2, -0.15) is 0 Å². The molecule has 0 bridgehead atoms. The Morgan fingerprint density at radius 2 is 2.15 bits per heavy atom. The summed E-state index contributed by atoms with van der Waals surface area (Å²) in [5.41, 5.74) is 0.475. The Balaban J connectivity index is 1.72. The summed E-state index contributed by atoms with van der Waals surface area (Å²) < 4.78 is 4.96. The van der Waals surface area contributed by atoms with Crippen molar-refractivity contribution in [3.8, 4) is 0 Å².